The summed E-state index contributed by atoms with van der Waals surface area (Å²) in [6.45, 7) is 0.0784. The second-order valence-corrected chi connectivity index (χ2v) is 7.92. The monoisotopic (exact) mass is 451 g/mol. The maximum absolute atomic E-state index is 12.3. The van der Waals surface area contributed by atoms with E-state index in [0.717, 1.165) is 5.56 Å². The summed E-state index contributed by atoms with van der Waals surface area (Å²) in [5.74, 6) is -0.437. The third kappa shape index (κ3) is 6.15. The van der Waals surface area contributed by atoms with Crippen LogP contribution in [0.2, 0.25) is 10.0 Å². The van der Waals surface area contributed by atoms with E-state index < -0.39 is 6.10 Å². The van der Waals surface area contributed by atoms with Crippen LogP contribution in [0.4, 0.5) is 0 Å². The van der Waals surface area contributed by atoms with Crippen molar-refractivity contribution >= 4 is 35.0 Å². The van der Waals surface area contributed by atoms with Crippen LogP contribution in [0.1, 0.15) is 35.2 Å². The van der Waals surface area contributed by atoms with Gasteiger partial charge in [-0.3, -0.25) is 14.6 Å². The summed E-state index contributed by atoms with van der Waals surface area (Å²) in [5.41, 5.74) is 1.28. The Kier molecular flexibility index (Phi) is 8.04. The molecule has 0 radical (unpaired) electrons. The average molecular weight is 452 g/mol. The zero-order chi connectivity index (χ0) is 21.5. The number of nitrogens with one attached hydrogen (secondary N) is 2. The van der Waals surface area contributed by atoms with Crippen LogP contribution < -0.4 is 10.6 Å². The summed E-state index contributed by atoms with van der Waals surface area (Å²) in [4.78, 5) is 28.5. The molecule has 0 saturated carbocycles. The Labute approximate surface area is 184 Å². The number of rotatable bonds is 7. The van der Waals surface area contributed by atoms with Crippen molar-refractivity contribution in [3.8, 4) is 0 Å². The number of ether oxygens (including phenoxy) is 1. The minimum atomic E-state index is -0.577. The summed E-state index contributed by atoms with van der Waals surface area (Å²) >= 11 is 11.9. The fourth-order valence-corrected chi connectivity index (χ4v) is 3.65. The lowest BCUT2D eigenvalue weighted by Crippen LogP contribution is -2.51. The number of aromatic nitrogens is 1. The number of aliphatic hydroxyl groups excluding tert-OH is 1. The van der Waals surface area contributed by atoms with Gasteiger partial charge in [-0.05, 0) is 42.7 Å². The van der Waals surface area contributed by atoms with Crippen LogP contribution in [0, 0.1) is 0 Å². The van der Waals surface area contributed by atoms with E-state index in [1.165, 1.54) is 6.20 Å². The molecule has 2 heterocycles. The first kappa shape index (κ1) is 22.5. The summed E-state index contributed by atoms with van der Waals surface area (Å²) in [6.07, 6.45) is 3.52. The lowest BCUT2D eigenvalue weighted by Gasteiger charge is -2.36. The molecule has 1 fully saturated rings. The number of benzene rings is 1. The van der Waals surface area contributed by atoms with Crippen LogP contribution in [-0.2, 0) is 16.1 Å². The van der Waals surface area contributed by atoms with E-state index in [9.17, 15) is 14.7 Å². The molecule has 1 aliphatic rings. The first-order valence-corrected chi connectivity index (χ1v) is 10.4. The average Bonchev–Trinajstić information content (AvgIpc) is 2.76. The highest BCUT2D eigenvalue weighted by molar-refractivity contribution is 6.42. The number of aliphatic hydroxyl groups is 1. The van der Waals surface area contributed by atoms with Crippen molar-refractivity contribution in [3.05, 3.63) is 63.9 Å². The second-order valence-electron chi connectivity index (χ2n) is 7.11. The van der Waals surface area contributed by atoms with Crippen LogP contribution in [0.5, 0.6) is 0 Å². The standard InChI is InChI=1S/C21H23Cl2N3O4/c22-16-5-3-13(8-17(16)23)10-25-20(28)9-15-4-6-18(19(12-27)30-15)26-21(29)14-2-1-7-24-11-14/h1-3,5,7-8,11,15,18-19,27H,4,6,9-10,12H2,(H,25,28)(H,26,29)/t15-,18+,19+/m0/s1. The molecule has 9 heteroatoms. The lowest BCUT2D eigenvalue weighted by molar-refractivity contribution is -0.131. The van der Waals surface area contributed by atoms with Gasteiger partial charge in [0.15, 0.2) is 0 Å². The van der Waals surface area contributed by atoms with E-state index in [-0.39, 0.29) is 37.0 Å². The zero-order valence-electron chi connectivity index (χ0n) is 16.2. The molecule has 2 aromatic rings. The normalized spacial score (nSPS) is 21.1. The largest absolute Gasteiger partial charge is 0.394 e. The van der Waals surface area contributed by atoms with E-state index in [1.807, 2.05) is 0 Å². The molecule has 0 spiro atoms. The minimum Gasteiger partial charge on any atom is -0.394 e. The van der Waals surface area contributed by atoms with Crippen LogP contribution >= 0.6 is 23.2 Å². The molecule has 1 aromatic carbocycles. The highest BCUT2D eigenvalue weighted by atomic mass is 35.5. The Morgan fingerprint density at radius 1 is 1.20 bits per heavy atom. The molecular formula is C21H23Cl2N3O4. The summed E-state index contributed by atoms with van der Waals surface area (Å²) < 4.78 is 5.86. The van der Waals surface area contributed by atoms with Crippen LogP contribution in [-0.4, -0.2) is 46.8 Å². The van der Waals surface area contributed by atoms with Crippen LogP contribution in [0.15, 0.2) is 42.7 Å². The van der Waals surface area contributed by atoms with Gasteiger partial charge in [-0.15, -0.1) is 0 Å². The van der Waals surface area contributed by atoms with Crippen LogP contribution in [0.25, 0.3) is 0 Å². The summed E-state index contributed by atoms with van der Waals surface area (Å²) in [7, 11) is 0. The van der Waals surface area contributed by atoms with E-state index in [1.54, 1.807) is 36.5 Å². The van der Waals surface area contributed by atoms with Gasteiger partial charge in [0.2, 0.25) is 5.91 Å². The quantitative estimate of drug-likeness (QED) is 0.600. The predicted octanol–water partition coefficient (Wildman–Crippen LogP) is 2.73. The molecule has 1 aliphatic heterocycles. The van der Waals surface area contributed by atoms with E-state index in [0.29, 0.717) is 35.0 Å². The number of halogens is 2. The Bertz CT molecular complexity index is 882. The molecule has 3 rings (SSSR count). The smallest absolute Gasteiger partial charge is 0.253 e. The van der Waals surface area contributed by atoms with Crippen molar-refractivity contribution in [2.75, 3.05) is 6.61 Å². The minimum absolute atomic E-state index is 0.166. The molecule has 3 atom stereocenters. The first-order valence-electron chi connectivity index (χ1n) is 9.64. The van der Waals surface area contributed by atoms with Gasteiger partial charge in [0, 0.05) is 18.9 Å². The number of pyridine rings is 1. The fourth-order valence-electron chi connectivity index (χ4n) is 3.32. The molecule has 3 N–H and O–H groups in total. The number of hydrogen-bond acceptors (Lipinski definition) is 5. The van der Waals surface area contributed by atoms with Gasteiger partial charge in [-0.25, -0.2) is 0 Å². The van der Waals surface area contributed by atoms with Crippen molar-refractivity contribution in [1.82, 2.24) is 15.6 Å². The van der Waals surface area contributed by atoms with Crippen molar-refractivity contribution in [3.63, 3.8) is 0 Å². The van der Waals surface area contributed by atoms with E-state index in [2.05, 4.69) is 15.6 Å². The fraction of sp³-hybridized carbons (Fsp3) is 0.381. The SMILES string of the molecule is O=C(C[C@@H]1CC[C@@H](NC(=O)c2cccnc2)[C@@H](CO)O1)NCc1ccc(Cl)c(Cl)c1. The number of hydrogen-bond donors (Lipinski definition) is 3. The lowest BCUT2D eigenvalue weighted by atomic mass is 9.96. The Morgan fingerprint density at radius 3 is 2.73 bits per heavy atom. The molecular weight excluding hydrogens is 429 g/mol. The Hall–Kier alpha value is -2.19. The van der Waals surface area contributed by atoms with E-state index >= 15 is 0 Å². The maximum Gasteiger partial charge on any atom is 0.253 e. The van der Waals surface area contributed by atoms with Gasteiger partial charge in [0.25, 0.3) is 5.91 Å². The zero-order valence-corrected chi connectivity index (χ0v) is 17.7. The van der Waals surface area contributed by atoms with Crippen molar-refractivity contribution in [1.29, 1.82) is 0 Å². The molecule has 7 nitrogen and oxygen atoms in total. The Morgan fingerprint density at radius 2 is 2.03 bits per heavy atom. The summed E-state index contributed by atoms with van der Waals surface area (Å²) in [6, 6.07) is 8.20. The molecule has 0 unspecified atom stereocenters. The van der Waals surface area contributed by atoms with Gasteiger partial charge in [0.05, 0.1) is 40.8 Å². The molecule has 2 amide bonds. The third-order valence-electron chi connectivity index (χ3n) is 4.92. The third-order valence-corrected chi connectivity index (χ3v) is 5.66. The van der Waals surface area contributed by atoms with Gasteiger partial charge in [-0.1, -0.05) is 29.3 Å². The topological polar surface area (TPSA) is 101 Å². The maximum atomic E-state index is 12.3. The first-order chi connectivity index (χ1) is 14.5. The van der Waals surface area contributed by atoms with Gasteiger partial charge < -0.3 is 20.5 Å². The second kappa shape index (κ2) is 10.7. The highest BCUT2D eigenvalue weighted by Gasteiger charge is 2.33. The molecule has 160 valence electrons. The van der Waals surface area contributed by atoms with Crippen molar-refractivity contribution in [2.24, 2.45) is 0 Å². The number of carbonyl (C=O) groups is 2. The number of amides is 2. The highest BCUT2D eigenvalue weighted by Crippen LogP contribution is 2.24. The van der Waals surface area contributed by atoms with Gasteiger partial charge >= 0.3 is 0 Å². The Balaban J connectivity index is 1.47. The van der Waals surface area contributed by atoms with Crippen LogP contribution in [0.3, 0.4) is 0 Å². The molecule has 0 aliphatic carbocycles. The molecule has 1 aromatic heterocycles. The van der Waals surface area contributed by atoms with Gasteiger partial charge in [0.1, 0.15) is 6.10 Å². The molecule has 1 saturated heterocycles. The van der Waals surface area contributed by atoms with Gasteiger partial charge in [-0.2, -0.15) is 0 Å². The predicted molar refractivity (Wildman–Crippen MR) is 113 cm³/mol. The molecule has 0 bridgehead atoms. The van der Waals surface area contributed by atoms with E-state index in [4.69, 9.17) is 27.9 Å². The number of carbonyl (C=O) groups excluding carboxylic acids is 2. The van der Waals surface area contributed by atoms with Crippen molar-refractivity contribution < 1.29 is 19.4 Å². The summed E-state index contributed by atoms with van der Waals surface area (Å²) in [5, 5.41) is 16.3. The molecule has 30 heavy (non-hydrogen) atoms. The van der Waals surface area contributed by atoms with Crippen molar-refractivity contribution in [2.45, 2.75) is 44.1 Å². The number of nitrogens with zero attached hydrogens (tertiary/aromatic N) is 1.